The average Bonchev–Trinajstić information content (AvgIpc) is 3.12. The van der Waals surface area contributed by atoms with E-state index in [0.29, 0.717) is 33.6 Å². The quantitative estimate of drug-likeness (QED) is 0.523. The van der Waals surface area contributed by atoms with Crippen LogP contribution in [0.2, 0.25) is 5.02 Å². The number of carbonyl (C=O) groups is 1. The molecule has 0 unspecified atom stereocenters. The average molecular weight is 394 g/mol. The van der Waals surface area contributed by atoms with Crippen LogP contribution in [0.15, 0.2) is 65.2 Å². The summed E-state index contributed by atoms with van der Waals surface area (Å²) < 4.78 is 11.2. The summed E-state index contributed by atoms with van der Waals surface area (Å²) in [7, 11) is 0. The Bertz CT molecular complexity index is 1110. The highest BCUT2D eigenvalue weighted by Crippen LogP contribution is 2.24. The minimum Gasteiger partial charge on any atom is -0.483 e. The van der Waals surface area contributed by atoms with Crippen LogP contribution in [0.5, 0.6) is 5.75 Å². The smallest absolute Gasteiger partial charge is 0.262 e. The summed E-state index contributed by atoms with van der Waals surface area (Å²) in [6, 6.07) is 16.1. The summed E-state index contributed by atoms with van der Waals surface area (Å²) in [4.78, 5) is 20.7. The molecule has 1 amide bonds. The van der Waals surface area contributed by atoms with Gasteiger partial charge in [0.25, 0.3) is 5.91 Å². The minimum atomic E-state index is -0.256. The number of aromatic nitrogens is 2. The lowest BCUT2D eigenvalue weighted by atomic mass is 10.2. The Kier molecular flexibility index (Phi) is 4.95. The Morgan fingerprint density at radius 2 is 2.00 bits per heavy atom. The molecule has 2 aromatic heterocycles. The number of fused-ring (bicyclic) bond motifs is 1. The van der Waals surface area contributed by atoms with Gasteiger partial charge in [-0.1, -0.05) is 11.6 Å². The second kappa shape index (κ2) is 7.70. The number of nitrogens with one attached hydrogen (secondary N) is 1. The Hall–Kier alpha value is -3.38. The number of pyridine rings is 1. The van der Waals surface area contributed by atoms with E-state index in [9.17, 15) is 4.79 Å². The largest absolute Gasteiger partial charge is 0.483 e. The van der Waals surface area contributed by atoms with Crippen molar-refractivity contribution in [2.75, 3.05) is 11.9 Å². The second-order valence-electron chi connectivity index (χ2n) is 6.17. The molecular weight excluding hydrogens is 378 g/mol. The number of hydrogen-bond acceptors (Lipinski definition) is 5. The molecule has 0 radical (unpaired) electrons. The summed E-state index contributed by atoms with van der Waals surface area (Å²) in [5.41, 5.74) is 3.51. The predicted molar refractivity (Wildman–Crippen MR) is 108 cm³/mol. The van der Waals surface area contributed by atoms with Crippen LogP contribution in [0.3, 0.4) is 0 Å². The van der Waals surface area contributed by atoms with Gasteiger partial charge in [0.1, 0.15) is 11.3 Å². The highest BCUT2D eigenvalue weighted by atomic mass is 35.5. The van der Waals surface area contributed by atoms with Crippen LogP contribution in [-0.4, -0.2) is 22.5 Å². The first-order chi connectivity index (χ1) is 13.6. The monoisotopic (exact) mass is 393 g/mol. The highest BCUT2D eigenvalue weighted by Gasteiger charge is 2.10. The van der Waals surface area contributed by atoms with Crippen molar-refractivity contribution in [1.82, 2.24) is 9.97 Å². The standard InChI is InChI=1S/C21H16ClN3O3/c1-13-11-15(22)6-9-18(13)27-12-19(26)24-16-7-4-14(5-8-16)20-25-17-3-2-10-23-21(17)28-20/h2-11H,12H2,1H3,(H,24,26). The summed E-state index contributed by atoms with van der Waals surface area (Å²) in [5, 5.41) is 3.42. The third-order valence-corrected chi connectivity index (χ3v) is 4.31. The van der Waals surface area contributed by atoms with Gasteiger partial charge < -0.3 is 14.5 Å². The third kappa shape index (κ3) is 3.97. The van der Waals surface area contributed by atoms with Crippen molar-refractivity contribution in [2.24, 2.45) is 0 Å². The molecule has 7 heteroatoms. The maximum Gasteiger partial charge on any atom is 0.262 e. The third-order valence-electron chi connectivity index (χ3n) is 4.08. The fourth-order valence-corrected chi connectivity index (χ4v) is 2.93. The van der Waals surface area contributed by atoms with Crippen molar-refractivity contribution in [3.63, 3.8) is 0 Å². The maximum atomic E-state index is 12.1. The summed E-state index contributed by atoms with van der Waals surface area (Å²) >= 11 is 5.92. The van der Waals surface area contributed by atoms with Gasteiger partial charge >= 0.3 is 0 Å². The Morgan fingerprint density at radius 3 is 2.75 bits per heavy atom. The molecule has 0 aliphatic carbocycles. The molecular formula is C21H16ClN3O3. The van der Waals surface area contributed by atoms with Crippen LogP contribution in [0, 0.1) is 6.92 Å². The van der Waals surface area contributed by atoms with E-state index in [4.69, 9.17) is 20.8 Å². The maximum absolute atomic E-state index is 12.1. The number of amides is 1. The first-order valence-corrected chi connectivity index (χ1v) is 8.97. The molecule has 4 rings (SSSR count). The molecule has 4 aromatic rings. The van der Waals surface area contributed by atoms with Gasteiger partial charge in [0, 0.05) is 22.5 Å². The predicted octanol–water partition coefficient (Wildman–Crippen LogP) is 4.87. The van der Waals surface area contributed by atoms with E-state index in [2.05, 4.69) is 15.3 Å². The van der Waals surface area contributed by atoms with Crippen LogP contribution in [-0.2, 0) is 4.79 Å². The van der Waals surface area contributed by atoms with Gasteiger partial charge in [-0.25, -0.2) is 9.97 Å². The molecule has 0 saturated heterocycles. The van der Waals surface area contributed by atoms with Crippen molar-refractivity contribution in [1.29, 1.82) is 0 Å². The summed E-state index contributed by atoms with van der Waals surface area (Å²) in [6.45, 7) is 1.78. The second-order valence-corrected chi connectivity index (χ2v) is 6.61. The van der Waals surface area contributed by atoms with Crippen molar-refractivity contribution >= 4 is 34.4 Å². The summed E-state index contributed by atoms with van der Waals surface area (Å²) in [6.07, 6.45) is 1.66. The van der Waals surface area contributed by atoms with Crippen molar-refractivity contribution in [3.8, 4) is 17.2 Å². The Labute approximate surface area is 166 Å². The molecule has 2 heterocycles. The normalized spacial score (nSPS) is 10.8. The molecule has 0 spiro atoms. The topological polar surface area (TPSA) is 77.2 Å². The zero-order chi connectivity index (χ0) is 19.5. The number of ether oxygens (including phenoxy) is 1. The lowest BCUT2D eigenvalue weighted by Gasteiger charge is -2.10. The molecule has 1 N–H and O–H groups in total. The van der Waals surface area contributed by atoms with E-state index in [1.165, 1.54) is 0 Å². The number of benzene rings is 2. The minimum absolute atomic E-state index is 0.0962. The number of nitrogens with zero attached hydrogens (tertiary/aromatic N) is 2. The fraction of sp³-hybridized carbons (Fsp3) is 0.0952. The van der Waals surface area contributed by atoms with Crippen LogP contribution < -0.4 is 10.1 Å². The number of oxazole rings is 1. The van der Waals surface area contributed by atoms with Gasteiger partial charge in [0.2, 0.25) is 11.6 Å². The molecule has 140 valence electrons. The SMILES string of the molecule is Cc1cc(Cl)ccc1OCC(=O)Nc1ccc(-c2nc3cccnc3o2)cc1. The van der Waals surface area contributed by atoms with Gasteiger partial charge in [-0.2, -0.15) is 0 Å². The van der Waals surface area contributed by atoms with E-state index >= 15 is 0 Å². The fourth-order valence-electron chi connectivity index (χ4n) is 2.70. The molecule has 6 nitrogen and oxygen atoms in total. The molecule has 0 aliphatic heterocycles. The Morgan fingerprint density at radius 1 is 1.18 bits per heavy atom. The van der Waals surface area contributed by atoms with Crippen molar-refractivity contribution in [2.45, 2.75) is 6.92 Å². The number of rotatable bonds is 5. The van der Waals surface area contributed by atoms with Gasteiger partial charge in [0.15, 0.2) is 6.61 Å². The zero-order valence-corrected chi connectivity index (χ0v) is 15.7. The molecule has 2 aromatic carbocycles. The molecule has 0 fully saturated rings. The van der Waals surface area contributed by atoms with Gasteiger partial charge in [0.05, 0.1) is 0 Å². The lowest BCUT2D eigenvalue weighted by molar-refractivity contribution is -0.118. The van der Waals surface area contributed by atoms with Gasteiger partial charge in [-0.05, 0) is 67.1 Å². The number of anilines is 1. The van der Waals surface area contributed by atoms with Crippen LogP contribution >= 0.6 is 11.6 Å². The molecule has 0 atom stereocenters. The van der Waals surface area contributed by atoms with Gasteiger partial charge in [-0.15, -0.1) is 0 Å². The van der Waals surface area contributed by atoms with E-state index in [1.807, 2.05) is 25.1 Å². The van der Waals surface area contributed by atoms with E-state index in [0.717, 1.165) is 11.1 Å². The lowest BCUT2D eigenvalue weighted by Crippen LogP contribution is -2.20. The van der Waals surface area contributed by atoms with Crippen LogP contribution in [0.1, 0.15) is 5.56 Å². The van der Waals surface area contributed by atoms with Crippen molar-refractivity contribution in [3.05, 3.63) is 71.4 Å². The molecule has 0 saturated carbocycles. The van der Waals surface area contributed by atoms with E-state index in [1.54, 1.807) is 42.6 Å². The van der Waals surface area contributed by atoms with E-state index in [-0.39, 0.29) is 12.5 Å². The number of carbonyl (C=O) groups excluding carboxylic acids is 1. The Balaban J connectivity index is 1.39. The number of halogens is 1. The zero-order valence-electron chi connectivity index (χ0n) is 15.0. The van der Waals surface area contributed by atoms with Crippen molar-refractivity contribution < 1.29 is 13.9 Å². The molecule has 0 bridgehead atoms. The number of aryl methyl sites for hydroxylation is 1. The highest BCUT2D eigenvalue weighted by molar-refractivity contribution is 6.30. The molecule has 28 heavy (non-hydrogen) atoms. The van der Waals surface area contributed by atoms with Crippen LogP contribution in [0.4, 0.5) is 5.69 Å². The van der Waals surface area contributed by atoms with Gasteiger partial charge in [-0.3, -0.25) is 4.79 Å². The first-order valence-electron chi connectivity index (χ1n) is 8.59. The van der Waals surface area contributed by atoms with Crippen LogP contribution in [0.25, 0.3) is 22.7 Å². The summed E-state index contributed by atoms with van der Waals surface area (Å²) in [5.74, 6) is 0.848. The number of hydrogen-bond donors (Lipinski definition) is 1. The first kappa shape index (κ1) is 18.0. The van der Waals surface area contributed by atoms with E-state index < -0.39 is 0 Å². The molecule has 0 aliphatic rings.